The molecule has 2 aromatic rings. The van der Waals surface area contributed by atoms with E-state index in [2.05, 4.69) is 31.6 Å². The first kappa shape index (κ1) is 15.2. The number of halogens is 1. The molecule has 21 heavy (non-hydrogen) atoms. The third-order valence-electron chi connectivity index (χ3n) is 2.67. The van der Waals surface area contributed by atoms with Crippen LogP contribution < -0.4 is 5.32 Å². The number of carbonyl (C=O) groups excluding carboxylic acids is 1. The number of carbonyl (C=O) groups is 2. The number of carboxylic acids is 1. The van der Waals surface area contributed by atoms with Crippen LogP contribution in [0.25, 0.3) is 0 Å². The van der Waals surface area contributed by atoms with Gasteiger partial charge in [-0.05, 0) is 17.7 Å². The minimum Gasteiger partial charge on any atom is -0.476 e. The molecule has 1 heterocycles. The summed E-state index contributed by atoms with van der Waals surface area (Å²) in [4.78, 5) is 22.4. The molecule has 1 aromatic carbocycles. The zero-order valence-corrected chi connectivity index (χ0v) is 12.6. The van der Waals surface area contributed by atoms with Crippen molar-refractivity contribution < 1.29 is 14.7 Å². The normalized spacial score (nSPS) is 10.3. The molecule has 0 saturated carbocycles. The van der Waals surface area contributed by atoms with Gasteiger partial charge >= 0.3 is 5.97 Å². The van der Waals surface area contributed by atoms with Crippen LogP contribution in [-0.2, 0) is 17.8 Å². The molecular weight excluding hydrogens is 340 g/mol. The fourth-order valence-corrected chi connectivity index (χ4v) is 2.16. The number of rotatable bonds is 6. The Hall–Kier alpha value is -2.22. The molecule has 110 valence electrons. The number of carboxylic acid groups (broad SMARTS) is 1. The molecule has 0 radical (unpaired) electrons. The van der Waals surface area contributed by atoms with E-state index in [1.54, 1.807) is 0 Å². The maximum absolute atomic E-state index is 11.8. The summed E-state index contributed by atoms with van der Waals surface area (Å²) < 4.78 is 2.31. The summed E-state index contributed by atoms with van der Waals surface area (Å²) in [6.45, 7) is 0.722. The average molecular weight is 353 g/mol. The molecule has 1 amide bonds. The first-order valence-corrected chi connectivity index (χ1v) is 6.98. The van der Waals surface area contributed by atoms with Crippen molar-refractivity contribution in [3.8, 4) is 0 Å². The van der Waals surface area contributed by atoms with Crippen molar-refractivity contribution in [1.29, 1.82) is 0 Å². The third kappa shape index (κ3) is 4.67. The summed E-state index contributed by atoms with van der Waals surface area (Å²) in [6.07, 6.45) is 1.61. The fraction of sp³-hybridized carbons (Fsp3) is 0.231. The van der Waals surface area contributed by atoms with Gasteiger partial charge in [-0.25, -0.2) is 9.48 Å². The lowest BCUT2D eigenvalue weighted by Crippen LogP contribution is -2.28. The lowest BCUT2D eigenvalue weighted by Gasteiger charge is -2.05. The smallest absolute Gasteiger partial charge is 0.358 e. The fourth-order valence-electron chi connectivity index (χ4n) is 1.71. The number of aromatic carboxylic acids is 1. The van der Waals surface area contributed by atoms with Crippen molar-refractivity contribution >= 4 is 27.8 Å². The van der Waals surface area contributed by atoms with Crippen molar-refractivity contribution in [1.82, 2.24) is 20.3 Å². The minimum absolute atomic E-state index is 0.105. The van der Waals surface area contributed by atoms with Crippen LogP contribution >= 0.6 is 15.9 Å². The van der Waals surface area contributed by atoms with Crippen LogP contribution in [0.2, 0.25) is 0 Å². The van der Waals surface area contributed by atoms with Crippen LogP contribution in [-0.4, -0.2) is 38.5 Å². The lowest BCUT2D eigenvalue weighted by molar-refractivity contribution is -0.120. The Morgan fingerprint density at radius 1 is 1.38 bits per heavy atom. The molecule has 0 spiro atoms. The molecule has 0 saturated heterocycles. The standard InChI is InChI=1S/C13H13BrN4O3/c14-10-3-1-2-9(6-10)7-12(19)15-4-5-18-8-11(13(20)21)16-17-18/h1-3,6,8H,4-5,7H2,(H,15,19)(H,20,21). The SMILES string of the molecule is O=C(Cc1cccc(Br)c1)NCCn1cc(C(=O)O)nn1. The van der Waals surface area contributed by atoms with Gasteiger partial charge in [0.2, 0.25) is 5.91 Å². The third-order valence-corrected chi connectivity index (χ3v) is 3.17. The van der Waals surface area contributed by atoms with Gasteiger partial charge in [0.05, 0.1) is 19.2 Å². The summed E-state index contributed by atoms with van der Waals surface area (Å²) in [5, 5.41) is 18.6. The molecule has 7 nitrogen and oxygen atoms in total. The van der Waals surface area contributed by atoms with Crippen molar-refractivity contribution in [3.05, 3.63) is 46.2 Å². The second-order valence-corrected chi connectivity index (χ2v) is 5.24. The highest BCUT2D eigenvalue weighted by molar-refractivity contribution is 9.10. The van der Waals surface area contributed by atoms with Crippen LogP contribution in [0, 0.1) is 0 Å². The van der Waals surface area contributed by atoms with Crippen LogP contribution in [0.3, 0.4) is 0 Å². The van der Waals surface area contributed by atoms with E-state index in [0.717, 1.165) is 10.0 Å². The van der Waals surface area contributed by atoms with Crippen LogP contribution in [0.15, 0.2) is 34.9 Å². The Bertz CT molecular complexity index is 656. The van der Waals surface area contributed by atoms with Crippen molar-refractivity contribution in [3.63, 3.8) is 0 Å². The number of nitrogens with zero attached hydrogens (tertiary/aromatic N) is 3. The number of amides is 1. The van der Waals surface area contributed by atoms with Gasteiger partial charge in [0.15, 0.2) is 5.69 Å². The predicted molar refractivity (Wildman–Crippen MR) is 77.8 cm³/mol. The number of nitrogens with one attached hydrogen (secondary N) is 1. The average Bonchev–Trinajstić information content (AvgIpc) is 2.87. The molecule has 0 atom stereocenters. The molecular formula is C13H13BrN4O3. The van der Waals surface area contributed by atoms with E-state index < -0.39 is 5.97 Å². The maximum atomic E-state index is 11.8. The van der Waals surface area contributed by atoms with E-state index in [9.17, 15) is 9.59 Å². The first-order chi connectivity index (χ1) is 10.0. The van der Waals surface area contributed by atoms with Gasteiger partial charge in [-0.2, -0.15) is 0 Å². The number of hydrogen-bond acceptors (Lipinski definition) is 4. The Balaban J connectivity index is 1.77. The van der Waals surface area contributed by atoms with E-state index >= 15 is 0 Å². The van der Waals surface area contributed by atoms with E-state index in [1.807, 2.05) is 24.3 Å². The molecule has 0 aliphatic rings. The minimum atomic E-state index is -1.13. The highest BCUT2D eigenvalue weighted by atomic mass is 79.9. The molecule has 1 aromatic heterocycles. The summed E-state index contributed by atoms with van der Waals surface area (Å²) >= 11 is 3.35. The summed E-state index contributed by atoms with van der Waals surface area (Å²) in [6, 6.07) is 7.53. The van der Waals surface area contributed by atoms with Gasteiger partial charge in [0, 0.05) is 11.0 Å². The van der Waals surface area contributed by atoms with Crippen LogP contribution in [0.4, 0.5) is 0 Å². The van der Waals surface area contributed by atoms with Gasteiger partial charge in [-0.15, -0.1) is 5.10 Å². The first-order valence-electron chi connectivity index (χ1n) is 6.19. The highest BCUT2D eigenvalue weighted by Gasteiger charge is 2.08. The van der Waals surface area contributed by atoms with Crippen molar-refractivity contribution in [2.24, 2.45) is 0 Å². The molecule has 2 rings (SSSR count). The Kier molecular flexibility index (Phi) is 5.04. The second-order valence-electron chi connectivity index (χ2n) is 4.33. The lowest BCUT2D eigenvalue weighted by atomic mass is 10.1. The largest absolute Gasteiger partial charge is 0.476 e. The monoisotopic (exact) mass is 352 g/mol. The number of benzene rings is 1. The van der Waals surface area contributed by atoms with Crippen molar-refractivity contribution in [2.45, 2.75) is 13.0 Å². The van der Waals surface area contributed by atoms with Gasteiger partial charge in [-0.3, -0.25) is 4.79 Å². The molecule has 0 unspecified atom stereocenters. The van der Waals surface area contributed by atoms with E-state index in [1.165, 1.54) is 10.9 Å². The van der Waals surface area contributed by atoms with E-state index in [-0.39, 0.29) is 18.0 Å². The molecule has 0 aliphatic heterocycles. The topological polar surface area (TPSA) is 97.1 Å². The zero-order chi connectivity index (χ0) is 15.2. The summed E-state index contributed by atoms with van der Waals surface area (Å²) in [7, 11) is 0. The predicted octanol–water partition coefficient (Wildman–Crippen LogP) is 1.10. The van der Waals surface area contributed by atoms with Gasteiger partial charge in [0.25, 0.3) is 0 Å². The summed E-state index contributed by atoms with van der Waals surface area (Å²) in [5.41, 5.74) is 0.797. The molecule has 8 heteroatoms. The van der Waals surface area contributed by atoms with E-state index in [0.29, 0.717) is 13.1 Å². The van der Waals surface area contributed by atoms with Gasteiger partial charge < -0.3 is 10.4 Å². The molecule has 0 fully saturated rings. The maximum Gasteiger partial charge on any atom is 0.358 e. The quantitative estimate of drug-likeness (QED) is 0.811. The molecule has 2 N–H and O–H groups in total. The Morgan fingerprint density at radius 3 is 2.86 bits per heavy atom. The molecule has 0 aliphatic carbocycles. The van der Waals surface area contributed by atoms with Crippen LogP contribution in [0.5, 0.6) is 0 Å². The Labute approximate surface area is 129 Å². The number of hydrogen-bond donors (Lipinski definition) is 2. The second kappa shape index (κ2) is 6.98. The Morgan fingerprint density at radius 2 is 2.19 bits per heavy atom. The van der Waals surface area contributed by atoms with E-state index in [4.69, 9.17) is 5.11 Å². The number of aromatic nitrogens is 3. The van der Waals surface area contributed by atoms with Gasteiger partial charge in [0.1, 0.15) is 0 Å². The van der Waals surface area contributed by atoms with Crippen molar-refractivity contribution in [2.75, 3.05) is 6.54 Å². The zero-order valence-electron chi connectivity index (χ0n) is 11.0. The molecule has 0 bridgehead atoms. The van der Waals surface area contributed by atoms with Gasteiger partial charge in [-0.1, -0.05) is 33.3 Å². The van der Waals surface area contributed by atoms with Crippen LogP contribution in [0.1, 0.15) is 16.1 Å². The highest BCUT2D eigenvalue weighted by Crippen LogP contribution is 2.11. The summed E-state index contributed by atoms with van der Waals surface area (Å²) in [5.74, 6) is -1.23.